The van der Waals surface area contributed by atoms with Gasteiger partial charge in [0, 0.05) is 24.5 Å². The third-order valence-corrected chi connectivity index (χ3v) is 2.70. The summed E-state index contributed by atoms with van der Waals surface area (Å²) in [5.41, 5.74) is 1.97. The summed E-state index contributed by atoms with van der Waals surface area (Å²) in [5, 5.41) is 0. The average molecular weight is 213 g/mol. The van der Waals surface area contributed by atoms with Crippen molar-refractivity contribution in [2.45, 2.75) is 19.9 Å². The van der Waals surface area contributed by atoms with E-state index in [1.165, 1.54) is 0 Å². The smallest absolute Gasteiger partial charge is 0.160 e. The van der Waals surface area contributed by atoms with Gasteiger partial charge < -0.3 is 4.57 Å². The van der Waals surface area contributed by atoms with Gasteiger partial charge in [-0.05, 0) is 31.0 Å². The Morgan fingerprint density at radius 1 is 1.12 bits per heavy atom. The second kappa shape index (κ2) is 4.79. The Labute approximate surface area is 95.5 Å². The van der Waals surface area contributed by atoms with E-state index in [9.17, 15) is 4.79 Å². The molecule has 0 spiro atoms. The highest BCUT2D eigenvalue weighted by atomic mass is 16.1. The van der Waals surface area contributed by atoms with E-state index in [-0.39, 0.29) is 5.78 Å². The summed E-state index contributed by atoms with van der Waals surface area (Å²) in [5.74, 6) is 0.142. The number of hydrogen-bond acceptors (Lipinski definition) is 1. The SMILES string of the molecule is CC(=O)c1ccccc1CCn1cccc1. The zero-order chi connectivity index (χ0) is 11.4. The van der Waals surface area contributed by atoms with Gasteiger partial charge in [-0.1, -0.05) is 24.3 Å². The fourth-order valence-corrected chi connectivity index (χ4v) is 1.85. The molecule has 0 saturated heterocycles. The van der Waals surface area contributed by atoms with E-state index < -0.39 is 0 Å². The van der Waals surface area contributed by atoms with Crippen LogP contribution in [0.15, 0.2) is 48.8 Å². The van der Waals surface area contributed by atoms with Crippen LogP contribution in [0, 0.1) is 0 Å². The predicted molar refractivity (Wildman–Crippen MR) is 64.6 cm³/mol. The van der Waals surface area contributed by atoms with Gasteiger partial charge in [-0.15, -0.1) is 0 Å². The molecule has 2 aromatic rings. The minimum Gasteiger partial charge on any atom is -0.354 e. The molecule has 0 amide bonds. The van der Waals surface area contributed by atoms with Crippen molar-refractivity contribution < 1.29 is 4.79 Å². The Morgan fingerprint density at radius 2 is 1.81 bits per heavy atom. The maximum atomic E-state index is 11.4. The number of hydrogen-bond donors (Lipinski definition) is 0. The normalized spacial score (nSPS) is 10.3. The van der Waals surface area contributed by atoms with Gasteiger partial charge in [0.25, 0.3) is 0 Å². The lowest BCUT2D eigenvalue weighted by atomic mass is 10.0. The standard InChI is InChI=1S/C14H15NO/c1-12(16)14-7-3-2-6-13(14)8-11-15-9-4-5-10-15/h2-7,9-10H,8,11H2,1H3. The Morgan fingerprint density at radius 3 is 2.50 bits per heavy atom. The van der Waals surface area contributed by atoms with Crippen LogP contribution in [0.25, 0.3) is 0 Å². The van der Waals surface area contributed by atoms with Crippen LogP contribution >= 0.6 is 0 Å². The third-order valence-electron chi connectivity index (χ3n) is 2.70. The molecule has 0 radical (unpaired) electrons. The first-order valence-electron chi connectivity index (χ1n) is 5.47. The minimum atomic E-state index is 0.142. The van der Waals surface area contributed by atoms with Crippen LogP contribution in [-0.2, 0) is 13.0 Å². The highest BCUT2D eigenvalue weighted by Crippen LogP contribution is 2.11. The molecule has 0 aliphatic rings. The summed E-state index contributed by atoms with van der Waals surface area (Å²) < 4.78 is 2.12. The van der Waals surface area contributed by atoms with Gasteiger partial charge in [0.2, 0.25) is 0 Å². The van der Waals surface area contributed by atoms with Crippen molar-refractivity contribution >= 4 is 5.78 Å². The van der Waals surface area contributed by atoms with Crippen LogP contribution in [0.1, 0.15) is 22.8 Å². The van der Waals surface area contributed by atoms with Crippen molar-refractivity contribution in [2.24, 2.45) is 0 Å². The molecular formula is C14H15NO. The number of benzene rings is 1. The number of rotatable bonds is 4. The fraction of sp³-hybridized carbons (Fsp3) is 0.214. The number of aromatic nitrogens is 1. The van der Waals surface area contributed by atoms with Gasteiger partial charge in [0.1, 0.15) is 0 Å². The Balaban J connectivity index is 2.12. The van der Waals surface area contributed by atoms with Gasteiger partial charge in [0.15, 0.2) is 5.78 Å². The van der Waals surface area contributed by atoms with E-state index >= 15 is 0 Å². The Bertz CT molecular complexity index is 471. The minimum absolute atomic E-state index is 0.142. The molecule has 82 valence electrons. The number of Topliss-reactive ketones (excluding diaryl/α,β-unsaturated/α-hetero) is 1. The summed E-state index contributed by atoms with van der Waals surface area (Å²) >= 11 is 0. The molecular weight excluding hydrogens is 198 g/mol. The molecule has 0 unspecified atom stereocenters. The average Bonchev–Trinajstić information content (AvgIpc) is 2.79. The fourth-order valence-electron chi connectivity index (χ4n) is 1.85. The van der Waals surface area contributed by atoms with Crippen LogP contribution in [0.4, 0.5) is 0 Å². The third kappa shape index (κ3) is 2.40. The first kappa shape index (κ1) is 10.7. The lowest BCUT2D eigenvalue weighted by Crippen LogP contribution is -2.04. The van der Waals surface area contributed by atoms with Crippen molar-refractivity contribution in [2.75, 3.05) is 0 Å². The van der Waals surface area contributed by atoms with Crippen LogP contribution in [-0.4, -0.2) is 10.4 Å². The molecule has 1 aromatic heterocycles. The lowest BCUT2D eigenvalue weighted by Gasteiger charge is -2.07. The predicted octanol–water partition coefficient (Wildman–Crippen LogP) is 2.93. The molecule has 0 aliphatic heterocycles. The van der Waals surface area contributed by atoms with Crippen LogP contribution < -0.4 is 0 Å². The topological polar surface area (TPSA) is 22.0 Å². The molecule has 0 saturated carbocycles. The number of carbonyl (C=O) groups excluding carboxylic acids is 1. The zero-order valence-electron chi connectivity index (χ0n) is 9.39. The van der Waals surface area contributed by atoms with E-state index in [0.29, 0.717) is 0 Å². The molecule has 0 aliphatic carbocycles. The lowest BCUT2D eigenvalue weighted by molar-refractivity contribution is 0.101. The molecule has 0 fully saturated rings. The Hall–Kier alpha value is -1.83. The van der Waals surface area contributed by atoms with Crippen molar-refractivity contribution in [3.63, 3.8) is 0 Å². The first-order chi connectivity index (χ1) is 7.77. The van der Waals surface area contributed by atoms with Gasteiger partial charge in [-0.25, -0.2) is 0 Å². The van der Waals surface area contributed by atoms with E-state index in [1.807, 2.05) is 48.8 Å². The summed E-state index contributed by atoms with van der Waals surface area (Å²) in [4.78, 5) is 11.4. The highest BCUT2D eigenvalue weighted by Gasteiger charge is 2.05. The maximum Gasteiger partial charge on any atom is 0.160 e. The molecule has 0 bridgehead atoms. The molecule has 0 N–H and O–H groups in total. The maximum absolute atomic E-state index is 11.4. The van der Waals surface area contributed by atoms with Crippen LogP contribution in [0.5, 0.6) is 0 Å². The van der Waals surface area contributed by atoms with Gasteiger partial charge in [-0.3, -0.25) is 4.79 Å². The van der Waals surface area contributed by atoms with E-state index in [4.69, 9.17) is 0 Å². The number of carbonyl (C=O) groups is 1. The molecule has 0 atom stereocenters. The Kier molecular flexibility index (Phi) is 3.20. The molecule has 2 rings (SSSR count). The van der Waals surface area contributed by atoms with Gasteiger partial charge >= 0.3 is 0 Å². The van der Waals surface area contributed by atoms with Gasteiger partial charge in [-0.2, -0.15) is 0 Å². The summed E-state index contributed by atoms with van der Waals surface area (Å²) in [7, 11) is 0. The van der Waals surface area contributed by atoms with Crippen molar-refractivity contribution in [1.82, 2.24) is 4.57 Å². The van der Waals surface area contributed by atoms with E-state index in [2.05, 4.69) is 4.57 Å². The number of nitrogens with zero attached hydrogens (tertiary/aromatic N) is 1. The van der Waals surface area contributed by atoms with Crippen molar-refractivity contribution in [3.05, 3.63) is 59.9 Å². The largest absolute Gasteiger partial charge is 0.354 e. The molecule has 2 nitrogen and oxygen atoms in total. The monoisotopic (exact) mass is 213 g/mol. The van der Waals surface area contributed by atoms with Gasteiger partial charge in [0.05, 0.1) is 0 Å². The first-order valence-corrected chi connectivity index (χ1v) is 5.47. The van der Waals surface area contributed by atoms with Crippen molar-refractivity contribution in [3.8, 4) is 0 Å². The number of aryl methyl sites for hydroxylation is 2. The van der Waals surface area contributed by atoms with E-state index in [1.54, 1.807) is 6.92 Å². The van der Waals surface area contributed by atoms with Crippen molar-refractivity contribution in [1.29, 1.82) is 0 Å². The van der Waals surface area contributed by atoms with Crippen LogP contribution in [0.2, 0.25) is 0 Å². The second-order valence-electron chi connectivity index (χ2n) is 3.88. The second-order valence-corrected chi connectivity index (χ2v) is 3.88. The molecule has 2 heteroatoms. The molecule has 1 aromatic carbocycles. The molecule has 1 heterocycles. The highest BCUT2D eigenvalue weighted by molar-refractivity contribution is 5.95. The summed E-state index contributed by atoms with van der Waals surface area (Å²) in [6.07, 6.45) is 4.97. The van der Waals surface area contributed by atoms with Crippen LogP contribution in [0.3, 0.4) is 0 Å². The summed E-state index contributed by atoms with van der Waals surface area (Å²) in [6, 6.07) is 11.8. The summed E-state index contributed by atoms with van der Waals surface area (Å²) in [6.45, 7) is 2.53. The van der Waals surface area contributed by atoms with E-state index in [0.717, 1.165) is 24.1 Å². The number of ketones is 1. The quantitative estimate of drug-likeness (QED) is 0.716. The molecule has 16 heavy (non-hydrogen) atoms. The zero-order valence-corrected chi connectivity index (χ0v) is 9.39.